The second kappa shape index (κ2) is 6.99. The Kier molecular flexibility index (Phi) is 5.29. The number of anilines is 1. The number of hydrogen-bond donors (Lipinski definition) is 2. The molecule has 8 heteroatoms. The van der Waals surface area contributed by atoms with Crippen molar-refractivity contribution in [3.63, 3.8) is 0 Å². The molecule has 0 radical (unpaired) electrons. The first-order valence-electron chi connectivity index (χ1n) is 6.58. The lowest BCUT2D eigenvalue weighted by Gasteiger charge is -2.10. The number of hydrogen-bond acceptors (Lipinski definition) is 5. The summed E-state index contributed by atoms with van der Waals surface area (Å²) < 4.78 is 37.1. The van der Waals surface area contributed by atoms with Crippen LogP contribution in [0.3, 0.4) is 0 Å². The first-order chi connectivity index (χ1) is 9.97. The monoisotopic (exact) mass is 314 g/mol. The summed E-state index contributed by atoms with van der Waals surface area (Å²) in [5.74, 6) is -0.208. The average molecular weight is 314 g/mol. The first kappa shape index (κ1) is 15.9. The van der Waals surface area contributed by atoms with E-state index < -0.39 is 10.0 Å². The Bertz CT molecular complexity index is 579. The van der Waals surface area contributed by atoms with Crippen molar-refractivity contribution in [3.8, 4) is 0 Å². The minimum absolute atomic E-state index is 0.143. The van der Waals surface area contributed by atoms with Gasteiger partial charge in [-0.2, -0.15) is 0 Å². The molecule has 21 heavy (non-hydrogen) atoms. The Morgan fingerprint density at radius 3 is 2.43 bits per heavy atom. The van der Waals surface area contributed by atoms with Crippen molar-refractivity contribution in [3.05, 3.63) is 24.3 Å². The number of sulfonamides is 1. The first-order valence-corrected chi connectivity index (χ1v) is 8.06. The molecule has 2 N–H and O–H groups in total. The van der Waals surface area contributed by atoms with Crippen LogP contribution in [0.15, 0.2) is 29.2 Å². The molecule has 1 aliphatic rings. The van der Waals surface area contributed by atoms with Crippen molar-refractivity contribution in [1.82, 2.24) is 4.72 Å². The summed E-state index contributed by atoms with van der Waals surface area (Å²) in [5, 5.41) is 2.58. The highest BCUT2D eigenvalue weighted by Crippen LogP contribution is 2.14. The Labute approximate surface area is 123 Å². The minimum Gasteiger partial charge on any atom is -0.350 e. The highest BCUT2D eigenvalue weighted by molar-refractivity contribution is 7.89. The van der Waals surface area contributed by atoms with Gasteiger partial charge >= 0.3 is 0 Å². The van der Waals surface area contributed by atoms with Gasteiger partial charge in [0, 0.05) is 25.6 Å². The van der Waals surface area contributed by atoms with Crippen LogP contribution in [0, 0.1) is 0 Å². The van der Waals surface area contributed by atoms with E-state index in [4.69, 9.17) is 9.47 Å². The van der Waals surface area contributed by atoms with Crippen molar-refractivity contribution >= 4 is 21.6 Å². The van der Waals surface area contributed by atoms with E-state index in [1.54, 1.807) is 12.1 Å². The Morgan fingerprint density at radius 2 is 1.86 bits per heavy atom. The molecule has 1 aromatic rings. The predicted molar refractivity (Wildman–Crippen MR) is 76.2 cm³/mol. The van der Waals surface area contributed by atoms with E-state index in [2.05, 4.69) is 10.0 Å². The number of nitrogens with one attached hydrogen (secondary N) is 2. The summed E-state index contributed by atoms with van der Waals surface area (Å²) in [5.41, 5.74) is 0.550. The number of carbonyl (C=O) groups excluding carboxylic acids is 1. The third-order valence-corrected chi connectivity index (χ3v) is 4.32. The van der Waals surface area contributed by atoms with Crippen LogP contribution >= 0.6 is 0 Å². The second-order valence-electron chi connectivity index (χ2n) is 4.56. The summed E-state index contributed by atoms with van der Waals surface area (Å²) in [4.78, 5) is 11.0. The van der Waals surface area contributed by atoms with Crippen molar-refractivity contribution in [2.75, 3.05) is 25.1 Å². The lowest BCUT2D eigenvalue weighted by Crippen LogP contribution is -2.27. The van der Waals surface area contributed by atoms with Gasteiger partial charge in [-0.1, -0.05) is 0 Å². The van der Waals surface area contributed by atoms with Gasteiger partial charge in [-0.15, -0.1) is 0 Å². The van der Waals surface area contributed by atoms with Crippen LogP contribution in [0.4, 0.5) is 5.69 Å². The maximum atomic E-state index is 12.1. The van der Waals surface area contributed by atoms with Crippen molar-refractivity contribution in [1.29, 1.82) is 0 Å². The SMILES string of the molecule is CC(=O)Nc1ccc(S(=O)(=O)NCCC2OCCO2)cc1. The summed E-state index contributed by atoms with van der Waals surface area (Å²) in [6, 6.07) is 5.96. The fourth-order valence-corrected chi connectivity index (χ4v) is 2.94. The van der Waals surface area contributed by atoms with Gasteiger partial charge in [0.2, 0.25) is 15.9 Å². The van der Waals surface area contributed by atoms with Gasteiger partial charge in [0.1, 0.15) is 0 Å². The smallest absolute Gasteiger partial charge is 0.240 e. The summed E-state index contributed by atoms with van der Waals surface area (Å²) in [6.07, 6.45) is 0.123. The molecule has 0 aliphatic carbocycles. The predicted octanol–water partition coefficient (Wildman–Crippen LogP) is 0.686. The molecular formula is C13H18N2O5S. The molecule has 0 spiro atoms. The standard InChI is InChI=1S/C13H18N2O5S/c1-10(16)15-11-2-4-12(5-3-11)21(17,18)14-7-6-13-19-8-9-20-13/h2-5,13-14H,6-9H2,1H3,(H,15,16). The molecule has 1 fully saturated rings. The molecule has 0 bridgehead atoms. The maximum Gasteiger partial charge on any atom is 0.240 e. The van der Waals surface area contributed by atoms with Gasteiger partial charge in [0.15, 0.2) is 6.29 Å². The lowest BCUT2D eigenvalue weighted by atomic mass is 10.3. The van der Waals surface area contributed by atoms with E-state index >= 15 is 0 Å². The summed E-state index contributed by atoms with van der Waals surface area (Å²) >= 11 is 0. The van der Waals surface area contributed by atoms with Gasteiger partial charge in [-0.25, -0.2) is 13.1 Å². The fraction of sp³-hybridized carbons (Fsp3) is 0.462. The van der Waals surface area contributed by atoms with Crippen molar-refractivity contribution in [2.24, 2.45) is 0 Å². The highest BCUT2D eigenvalue weighted by Gasteiger charge is 2.18. The van der Waals surface area contributed by atoms with Crippen LogP contribution in [0.5, 0.6) is 0 Å². The largest absolute Gasteiger partial charge is 0.350 e. The third-order valence-electron chi connectivity index (χ3n) is 2.85. The second-order valence-corrected chi connectivity index (χ2v) is 6.33. The van der Waals surface area contributed by atoms with Crippen molar-refractivity contribution in [2.45, 2.75) is 24.5 Å². The van der Waals surface area contributed by atoms with E-state index in [1.807, 2.05) is 0 Å². The molecule has 0 saturated carbocycles. The summed E-state index contributed by atoms with van der Waals surface area (Å²) in [7, 11) is -3.57. The van der Waals surface area contributed by atoms with Crippen LogP contribution in [0.25, 0.3) is 0 Å². The molecule has 1 heterocycles. The van der Waals surface area contributed by atoms with Crippen LogP contribution in [0.1, 0.15) is 13.3 Å². The molecule has 2 rings (SSSR count). The van der Waals surface area contributed by atoms with Gasteiger partial charge < -0.3 is 14.8 Å². The van der Waals surface area contributed by atoms with E-state index in [1.165, 1.54) is 19.1 Å². The molecule has 7 nitrogen and oxygen atoms in total. The normalized spacial score (nSPS) is 16.0. The molecule has 0 aromatic heterocycles. The quantitative estimate of drug-likeness (QED) is 0.805. The number of carbonyl (C=O) groups is 1. The number of rotatable bonds is 6. The van der Waals surface area contributed by atoms with Gasteiger partial charge in [-0.3, -0.25) is 4.79 Å². The van der Waals surface area contributed by atoms with E-state index in [9.17, 15) is 13.2 Å². The van der Waals surface area contributed by atoms with Crippen LogP contribution in [-0.4, -0.2) is 40.4 Å². The van der Waals surface area contributed by atoms with E-state index in [-0.39, 0.29) is 23.6 Å². The van der Waals surface area contributed by atoms with E-state index in [0.29, 0.717) is 25.3 Å². The van der Waals surface area contributed by atoms with Crippen molar-refractivity contribution < 1.29 is 22.7 Å². The Hall–Kier alpha value is -1.48. The van der Waals surface area contributed by atoms with E-state index in [0.717, 1.165) is 0 Å². The molecule has 0 atom stereocenters. The van der Waals surface area contributed by atoms with Gasteiger partial charge in [-0.05, 0) is 24.3 Å². The van der Waals surface area contributed by atoms with Crippen LogP contribution in [-0.2, 0) is 24.3 Å². The number of ether oxygens (including phenoxy) is 2. The molecule has 1 saturated heterocycles. The molecule has 1 aromatic carbocycles. The van der Waals surface area contributed by atoms with Gasteiger partial charge in [0.25, 0.3) is 0 Å². The topological polar surface area (TPSA) is 93.7 Å². The molecule has 116 valence electrons. The van der Waals surface area contributed by atoms with Crippen LogP contribution < -0.4 is 10.0 Å². The third kappa shape index (κ3) is 4.78. The zero-order chi connectivity index (χ0) is 15.3. The molecule has 0 unspecified atom stereocenters. The Balaban J connectivity index is 1.90. The number of amides is 1. The molecular weight excluding hydrogens is 296 g/mol. The highest BCUT2D eigenvalue weighted by atomic mass is 32.2. The molecule has 1 aliphatic heterocycles. The number of benzene rings is 1. The lowest BCUT2D eigenvalue weighted by molar-refractivity contribution is -0.114. The fourth-order valence-electron chi connectivity index (χ4n) is 1.89. The van der Waals surface area contributed by atoms with Gasteiger partial charge in [0.05, 0.1) is 18.1 Å². The zero-order valence-corrected chi connectivity index (χ0v) is 12.5. The van der Waals surface area contributed by atoms with Crippen LogP contribution in [0.2, 0.25) is 0 Å². The average Bonchev–Trinajstić information content (AvgIpc) is 2.91. The summed E-state index contributed by atoms with van der Waals surface area (Å²) in [6.45, 7) is 2.71. The minimum atomic E-state index is -3.57. The molecule has 1 amide bonds. The zero-order valence-electron chi connectivity index (χ0n) is 11.7. The maximum absolute atomic E-state index is 12.1. The Morgan fingerprint density at radius 1 is 1.24 bits per heavy atom.